The number of ether oxygens (including phenoxy) is 4. The molecular formula is C23H25NO5. The molecule has 0 radical (unpaired) electrons. The SMILES string of the molecule is COCCCN1COc2c(cc3c(c2C)O/C(=C\c2ccc(OC)cc2)C3=O)C1. The molecule has 4 rings (SSSR count). The molecule has 2 heterocycles. The fourth-order valence-electron chi connectivity index (χ4n) is 3.72. The lowest BCUT2D eigenvalue weighted by atomic mass is 10.00. The number of carbonyl (C=O) groups excluding carboxylic acids is 1. The maximum absolute atomic E-state index is 13.0. The van der Waals surface area contributed by atoms with E-state index in [4.69, 9.17) is 18.9 Å². The van der Waals surface area contributed by atoms with Gasteiger partial charge in [0.05, 0.1) is 12.7 Å². The minimum Gasteiger partial charge on any atom is -0.497 e. The largest absolute Gasteiger partial charge is 0.497 e. The Kier molecular flexibility index (Phi) is 5.56. The lowest BCUT2D eigenvalue weighted by molar-refractivity contribution is 0.0826. The van der Waals surface area contributed by atoms with Gasteiger partial charge in [0.1, 0.15) is 24.0 Å². The third-order valence-electron chi connectivity index (χ3n) is 5.24. The van der Waals surface area contributed by atoms with Crippen LogP contribution in [0.5, 0.6) is 17.2 Å². The Morgan fingerprint density at radius 3 is 2.69 bits per heavy atom. The van der Waals surface area contributed by atoms with Crippen LogP contribution in [0, 0.1) is 6.92 Å². The number of Topliss-reactive ketones (excluding diaryl/α,β-unsaturated/α-hetero) is 1. The smallest absolute Gasteiger partial charge is 0.231 e. The molecule has 29 heavy (non-hydrogen) atoms. The molecule has 2 aromatic rings. The second-order valence-corrected chi connectivity index (χ2v) is 7.25. The van der Waals surface area contributed by atoms with Crippen LogP contribution in [-0.4, -0.2) is 44.8 Å². The molecule has 2 aromatic carbocycles. The minimum absolute atomic E-state index is 0.0989. The van der Waals surface area contributed by atoms with Gasteiger partial charge in [0.25, 0.3) is 0 Å². The van der Waals surface area contributed by atoms with E-state index in [1.807, 2.05) is 37.3 Å². The third kappa shape index (κ3) is 3.86. The second-order valence-electron chi connectivity index (χ2n) is 7.25. The van der Waals surface area contributed by atoms with E-state index in [1.54, 1.807) is 20.3 Å². The van der Waals surface area contributed by atoms with Crippen molar-refractivity contribution in [3.63, 3.8) is 0 Å². The van der Waals surface area contributed by atoms with Gasteiger partial charge in [-0.05, 0) is 43.2 Å². The van der Waals surface area contributed by atoms with Crippen molar-refractivity contribution in [2.24, 2.45) is 0 Å². The number of allylic oxidation sites excluding steroid dienone is 1. The van der Waals surface area contributed by atoms with Crippen LogP contribution in [-0.2, 0) is 11.3 Å². The summed E-state index contributed by atoms with van der Waals surface area (Å²) in [7, 11) is 3.33. The van der Waals surface area contributed by atoms with Crippen LogP contribution in [0.4, 0.5) is 0 Å². The van der Waals surface area contributed by atoms with Crippen molar-refractivity contribution >= 4 is 11.9 Å². The van der Waals surface area contributed by atoms with Gasteiger partial charge >= 0.3 is 0 Å². The second kappa shape index (κ2) is 8.27. The van der Waals surface area contributed by atoms with Crippen molar-refractivity contribution in [2.75, 3.05) is 34.1 Å². The maximum atomic E-state index is 13.0. The number of nitrogens with zero attached hydrogens (tertiary/aromatic N) is 1. The van der Waals surface area contributed by atoms with Gasteiger partial charge in [-0.2, -0.15) is 0 Å². The number of benzene rings is 2. The van der Waals surface area contributed by atoms with E-state index in [-0.39, 0.29) is 5.78 Å². The van der Waals surface area contributed by atoms with E-state index in [9.17, 15) is 4.79 Å². The molecule has 2 aliphatic rings. The first-order chi connectivity index (χ1) is 14.1. The first-order valence-corrected chi connectivity index (χ1v) is 9.69. The Morgan fingerprint density at radius 1 is 1.17 bits per heavy atom. The molecule has 0 atom stereocenters. The van der Waals surface area contributed by atoms with E-state index in [0.29, 0.717) is 23.8 Å². The molecule has 0 amide bonds. The lowest BCUT2D eigenvalue weighted by Gasteiger charge is -2.30. The Balaban J connectivity index is 1.58. The number of ketones is 1. The standard InChI is InChI=1S/C23H25NO5/c1-15-22-17(13-24(14-28-22)9-4-10-26-2)12-19-21(25)20(29-23(15)19)11-16-5-7-18(27-3)8-6-16/h5-8,11-12H,4,9-10,13-14H2,1-3H3/b20-11-. The summed E-state index contributed by atoms with van der Waals surface area (Å²) < 4.78 is 22.3. The van der Waals surface area contributed by atoms with Crippen molar-refractivity contribution in [3.8, 4) is 17.2 Å². The normalized spacial score (nSPS) is 16.9. The fourth-order valence-corrected chi connectivity index (χ4v) is 3.72. The van der Waals surface area contributed by atoms with Crippen LogP contribution in [0.1, 0.15) is 33.5 Å². The summed E-state index contributed by atoms with van der Waals surface area (Å²) in [4.78, 5) is 15.2. The molecule has 0 N–H and O–H groups in total. The van der Waals surface area contributed by atoms with Crippen LogP contribution in [0.15, 0.2) is 36.1 Å². The summed E-state index contributed by atoms with van der Waals surface area (Å²) in [5.74, 6) is 2.42. The van der Waals surface area contributed by atoms with Gasteiger partial charge in [0.2, 0.25) is 5.78 Å². The van der Waals surface area contributed by atoms with Crippen LogP contribution < -0.4 is 14.2 Å². The monoisotopic (exact) mass is 395 g/mol. The lowest BCUT2D eigenvalue weighted by Crippen LogP contribution is -2.33. The zero-order valence-electron chi connectivity index (χ0n) is 17.0. The van der Waals surface area contributed by atoms with E-state index in [1.165, 1.54) is 0 Å². The number of fused-ring (bicyclic) bond motifs is 2. The molecule has 6 heteroatoms. The predicted molar refractivity (Wildman–Crippen MR) is 110 cm³/mol. The molecule has 0 bridgehead atoms. The van der Waals surface area contributed by atoms with Crippen LogP contribution >= 0.6 is 0 Å². The van der Waals surface area contributed by atoms with E-state index >= 15 is 0 Å². The van der Waals surface area contributed by atoms with Crippen LogP contribution in [0.3, 0.4) is 0 Å². The highest BCUT2D eigenvalue weighted by molar-refractivity contribution is 6.15. The molecule has 152 valence electrons. The maximum Gasteiger partial charge on any atom is 0.231 e. The topological polar surface area (TPSA) is 57.2 Å². The van der Waals surface area contributed by atoms with Crippen molar-refractivity contribution in [3.05, 3.63) is 58.3 Å². The van der Waals surface area contributed by atoms with Gasteiger partial charge in [-0.3, -0.25) is 9.69 Å². The summed E-state index contributed by atoms with van der Waals surface area (Å²) in [6, 6.07) is 9.41. The molecule has 0 saturated carbocycles. The average Bonchev–Trinajstić information content (AvgIpc) is 3.05. The van der Waals surface area contributed by atoms with Crippen LogP contribution in [0.2, 0.25) is 0 Å². The quantitative estimate of drug-likeness (QED) is 0.548. The third-order valence-corrected chi connectivity index (χ3v) is 5.24. The first-order valence-electron chi connectivity index (χ1n) is 9.69. The number of hydrogen-bond donors (Lipinski definition) is 0. The molecule has 0 saturated heterocycles. The predicted octanol–water partition coefficient (Wildman–Crippen LogP) is 3.81. The van der Waals surface area contributed by atoms with Crippen LogP contribution in [0.25, 0.3) is 6.08 Å². The highest BCUT2D eigenvalue weighted by Gasteiger charge is 2.33. The number of methoxy groups -OCH3 is 2. The number of hydrogen-bond acceptors (Lipinski definition) is 6. The molecule has 0 aliphatic carbocycles. The van der Waals surface area contributed by atoms with E-state index in [0.717, 1.165) is 54.3 Å². The molecule has 0 unspecified atom stereocenters. The van der Waals surface area contributed by atoms with Gasteiger partial charge in [0, 0.05) is 37.9 Å². The van der Waals surface area contributed by atoms with E-state index in [2.05, 4.69) is 4.90 Å². The van der Waals surface area contributed by atoms with Gasteiger partial charge in [-0.1, -0.05) is 12.1 Å². The summed E-state index contributed by atoms with van der Waals surface area (Å²) in [6.07, 6.45) is 2.70. The average molecular weight is 395 g/mol. The zero-order valence-corrected chi connectivity index (χ0v) is 17.0. The van der Waals surface area contributed by atoms with Gasteiger partial charge in [-0.15, -0.1) is 0 Å². The highest BCUT2D eigenvalue weighted by atomic mass is 16.5. The number of carbonyl (C=O) groups is 1. The summed E-state index contributed by atoms with van der Waals surface area (Å²) in [5.41, 5.74) is 3.38. The Bertz CT molecular complexity index is 949. The molecule has 6 nitrogen and oxygen atoms in total. The molecule has 0 fully saturated rings. The summed E-state index contributed by atoms with van der Waals surface area (Å²) >= 11 is 0. The Labute approximate surface area is 170 Å². The fraction of sp³-hybridized carbons (Fsp3) is 0.348. The van der Waals surface area contributed by atoms with Crippen molar-refractivity contribution < 1.29 is 23.7 Å². The zero-order chi connectivity index (χ0) is 20.4. The molecule has 0 aromatic heterocycles. The van der Waals surface area contributed by atoms with Gasteiger partial charge in [0.15, 0.2) is 5.76 Å². The molecular weight excluding hydrogens is 370 g/mol. The summed E-state index contributed by atoms with van der Waals surface area (Å²) in [5, 5.41) is 0. The number of rotatable bonds is 6. The van der Waals surface area contributed by atoms with Crippen molar-refractivity contribution in [1.82, 2.24) is 4.90 Å². The minimum atomic E-state index is -0.0989. The highest BCUT2D eigenvalue weighted by Crippen LogP contribution is 2.43. The van der Waals surface area contributed by atoms with Gasteiger partial charge < -0.3 is 18.9 Å². The first kappa shape index (κ1) is 19.5. The van der Waals surface area contributed by atoms with Crippen molar-refractivity contribution in [2.45, 2.75) is 19.9 Å². The molecule has 0 spiro atoms. The summed E-state index contributed by atoms with van der Waals surface area (Å²) in [6.45, 7) is 4.83. The molecule has 2 aliphatic heterocycles. The van der Waals surface area contributed by atoms with Crippen molar-refractivity contribution in [1.29, 1.82) is 0 Å². The Hall–Kier alpha value is -2.83. The van der Waals surface area contributed by atoms with Gasteiger partial charge in [-0.25, -0.2) is 0 Å². The Morgan fingerprint density at radius 2 is 1.97 bits per heavy atom. The van der Waals surface area contributed by atoms with E-state index < -0.39 is 0 Å².